The summed E-state index contributed by atoms with van der Waals surface area (Å²) in [4.78, 5) is 19.3. The number of nitrogens with one attached hydrogen (secondary N) is 1. The molecular weight excluding hydrogens is 456 g/mol. The van der Waals surface area contributed by atoms with Gasteiger partial charge in [-0.2, -0.15) is 36.4 Å². The number of halogens is 6. The van der Waals surface area contributed by atoms with Crippen LogP contribution in [-0.4, -0.2) is 35.4 Å². The van der Waals surface area contributed by atoms with E-state index in [0.29, 0.717) is 31.5 Å². The number of nitrogens with zero attached hydrogens (tertiary/aromatic N) is 6. The maximum absolute atomic E-state index is 13.0. The van der Waals surface area contributed by atoms with E-state index in [2.05, 4.69) is 25.5 Å². The minimum absolute atomic E-state index is 0.200. The molecule has 33 heavy (non-hydrogen) atoms. The van der Waals surface area contributed by atoms with Crippen LogP contribution in [0.5, 0.6) is 0 Å². The number of rotatable bonds is 3. The molecule has 1 aliphatic heterocycles. The van der Waals surface area contributed by atoms with Crippen LogP contribution in [0.25, 0.3) is 11.3 Å². The second kappa shape index (κ2) is 8.15. The molecule has 0 radical (unpaired) electrons. The highest BCUT2D eigenvalue weighted by Crippen LogP contribution is 2.33. The topological polar surface area (TPSA) is 90.5 Å². The Kier molecular flexibility index (Phi) is 5.62. The summed E-state index contributed by atoms with van der Waals surface area (Å²) in [6, 6.07) is 3.21. The van der Waals surface area contributed by atoms with Gasteiger partial charge in [-0.05, 0) is 37.5 Å². The Hall–Kier alpha value is -3.45. The molecule has 1 atom stereocenters. The molecule has 4 heterocycles. The summed E-state index contributed by atoms with van der Waals surface area (Å²) in [5.41, 5.74) is -0.0709. The third kappa shape index (κ3) is 4.68. The monoisotopic (exact) mass is 473 g/mol. The van der Waals surface area contributed by atoms with Crippen LogP contribution in [0, 0.1) is 0 Å². The predicted octanol–water partition coefficient (Wildman–Crippen LogP) is 3.77. The van der Waals surface area contributed by atoms with Gasteiger partial charge >= 0.3 is 12.4 Å². The number of pyridine rings is 1. The van der Waals surface area contributed by atoms with Crippen molar-refractivity contribution < 1.29 is 31.1 Å². The van der Waals surface area contributed by atoms with Gasteiger partial charge in [0.2, 0.25) is 5.82 Å². The SMILES string of the molecule is Cn1nc(C(F)(F)F)nc1C(=O)N[C@H]1CCCCn2nc(-c3ccnc(C(F)(F)F)c3)cc21. The van der Waals surface area contributed by atoms with E-state index in [1.165, 1.54) is 13.1 Å². The standard InChI is InChI=1S/C19H17F6N7O/c1-31-15(28-17(30-31)19(23,24)25)16(33)27-11-4-2-3-7-32-13(11)9-12(29-32)10-5-6-26-14(8-10)18(20,21)22/h5-6,8-9,11H,2-4,7H2,1H3,(H,27,33)/t11-/m0/s1. The smallest absolute Gasteiger partial charge is 0.341 e. The lowest BCUT2D eigenvalue weighted by Crippen LogP contribution is -2.31. The summed E-state index contributed by atoms with van der Waals surface area (Å²) in [5.74, 6) is -2.80. The van der Waals surface area contributed by atoms with Crippen molar-refractivity contribution in [1.29, 1.82) is 0 Å². The van der Waals surface area contributed by atoms with E-state index in [9.17, 15) is 31.1 Å². The Bertz CT molecular complexity index is 1180. The molecule has 8 nitrogen and oxygen atoms in total. The van der Waals surface area contributed by atoms with Crippen molar-refractivity contribution in [2.45, 2.75) is 44.2 Å². The predicted molar refractivity (Wildman–Crippen MR) is 101 cm³/mol. The minimum Gasteiger partial charge on any atom is -0.341 e. The van der Waals surface area contributed by atoms with Gasteiger partial charge in [0.25, 0.3) is 11.7 Å². The van der Waals surface area contributed by atoms with Crippen LogP contribution in [0.3, 0.4) is 0 Å². The zero-order valence-electron chi connectivity index (χ0n) is 17.1. The van der Waals surface area contributed by atoms with Crippen LogP contribution in [-0.2, 0) is 25.9 Å². The molecule has 4 rings (SSSR count). The molecule has 0 saturated heterocycles. The van der Waals surface area contributed by atoms with Crippen molar-refractivity contribution in [3.8, 4) is 11.3 Å². The summed E-state index contributed by atoms with van der Waals surface area (Å²) >= 11 is 0. The first-order chi connectivity index (χ1) is 15.4. The largest absolute Gasteiger partial charge is 0.453 e. The Balaban J connectivity index is 1.62. The minimum atomic E-state index is -4.80. The fourth-order valence-electron chi connectivity index (χ4n) is 3.61. The zero-order valence-corrected chi connectivity index (χ0v) is 17.1. The Morgan fingerprint density at radius 1 is 1.09 bits per heavy atom. The summed E-state index contributed by atoms with van der Waals surface area (Å²) < 4.78 is 80.0. The average Bonchev–Trinajstić information content (AvgIpc) is 3.29. The summed E-state index contributed by atoms with van der Waals surface area (Å²) in [6.45, 7) is 0.473. The molecule has 1 amide bonds. The molecule has 0 unspecified atom stereocenters. The van der Waals surface area contributed by atoms with Gasteiger partial charge in [0.15, 0.2) is 0 Å². The second-order valence-electron chi connectivity index (χ2n) is 7.51. The van der Waals surface area contributed by atoms with E-state index < -0.39 is 41.6 Å². The summed E-state index contributed by atoms with van der Waals surface area (Å²) in [7, 11) is 1.17. The van der Waals surface area contributed by atoms with Gasteiger partial charge < -0.3 is 5.32 Å². The molecule has 0 aromatic carbocycles. The van der Waals surface area contributed by atoms with Crippen LogP contribution in [0.15, 0.2) is 24.4 Å². The second-order valence-corrected chi connectivity index (χ2v) is 7.51. The Labute approximate surface area is 182 Å². The number of amides is 1. The van der Waals surface area contributed by atoms with E-state index >= 15 is 0 Å². The van der Waals surface area contributed by atoms with Crippen molar-refractivity contribution in [3.63, 3.8) is 0 Å². The van der Waals surface area contributed by atoms with Crippen LogP contribution in [0.2, 0.25) is 0 Å². The molecular formula is C19H17F6N7O. The molecule has 3 aromatic heterocycles. The molecule has 176 valence electrons. The number of hydrogen-bond acceptors (Lipinski definition) is 5. The molecule has 1 N–H and O–H groups in total. The number of aryl methyl sites for hydroxylation is 2. The number of hydrogen-bond donors (Lipinski definition) is 1. The number of carbonyl (C=O) groups is 1. The quantitative estimate of drug-likeness (QED) is 0.585. The first-order valence-corrected chi connectivity index (χ1v) is 9.84. The van der Waals surface area contributed by atoms with Crippen molar-refractivity contribution in [3.05, 3.63) is 47.4 Å². The van der Waals surface area contributed by atoms with E-state index in [-0.39, 0.29) is 11.3 Å². The lowest BCUT2D eigenvalue weighted by Gasteiger charge is -2.16. The molecule has 0 aliphatic carbocycles. The lowest BCUT2D eigenvalue weighted by molar-refractivity contribution is -0.145. The van der Waals surface area contributed by atoms with Crippen LogP contribution in [0.1, 0.15) is 53.1 Å². The van der Waals surface area contributed by atoms with E-state index in [0.717, 1.165) is 16.9 Å². The summed E-state index contributed by atoms with van der Waals surface area (Å²) in [5, 5.41) is 10.3. The van der Waals surface area contributed by atoms with Gasteiger partial charge in [-0.25, -0.2) is 4.68 Å². The number of fused-ring (bicyclic) bond motifs is 1. The lowest BCUT2D eigenvalue weighted by atomic mass is 10.1. The van der Waals surface area contributed by atoms with E-state index in [4.69, 9.17) is 0 Å². The molecule has 14 heteroatoms. The fourth-order valence-corrected chi connectivity index (χ4v) is 3.61. The van der Waals surface area contributed by atoms with Crippen molar-refractivity contribution >= 4 is 5.91 Å². The third-order valence-corrected chi connectivity index (χ3v) is 5.15. The molecule has 0 bridgehead atoms. The Morgan fingerprint density at radius 3 is 2.52 bits per heavy atom. The van der Waals surface area contributed by atoms with Crippen LogP contribution < -0.4 is 5.32 Å². The molecule has 3 aromatic rings. The summed E-state index contributed by atoms with van der Waals surface area (Å²) in [6.07, 6.45) is -6.52. The molecule has 0 spiro atoms. The van der Waals surface area contributed by atoms with Gasteiger partial charge in [0.1, 0.15) is 5.69 Å². The van der Waals surface area contributed by atoms with Gasteiger partial charge in [-0.15, -0.1) is 5.10 Å². The Morgan fingerprint density at radius 2 is 1.85 bits per heavy atom. The van der Waals surface area contributed by atoms with Crippen molar-refractivity contribution in [1.82, 2.24) is 34.8 Å². The average molecular weight is 473 g/mol. The highest BCUT2D eigenvalue weighted by atomic mass is 19.4. The van der Waals surface area contributed by atoms with Gasteiger partial charge in [-0.1, -0.05) is 0 Å². The van der Waals surface area contributed by atoms with Gasteiger partial charge in [-0.3, -0.25) is 14.5 Å². The van der Waals surface area contributed by atoms with Gasteiger partial charge in [0, 0.05) is 25.4 Å². The van der Waals surface area contributed by atoms with Gasteiger partial charge in [0.05, 0.1) is 17.4 Å². The highest BCUT2D eigenvalue weighted by molar-refractivity contribution is 5.91. The van der Waals surface area contributed by atoms with Crippen LogP contribution in [0.4, 0.5) is 26.3 Å². The van der Waals surface area contributed by atoms with Crippen molar-refractivity contribution in [2.75, 3.05) is 0 Å². The van der Waals surface area contributed by atoms with Crippen molar-refractivity contribution in [2.24, 2.45) is 7.05 Å². The number of alkyl halides is 6. The van der Waals surface area contributed by atoms with E-state index in [1.54, 1.807) is 10.7 Å². The normalized spacial score (nSPS) is 16.9. The maximum atomic E-state index is 13.0. The molecule has 0 saturated carbocycles. The fraction of sp³-hybridized carbons (Fsp3) is 0.421. The van der Waals surface area contributed by atoms with E-state index in [1.807, 2.05) is 0 Å². The number of aromatic nitrogens is 6. The molecule has 1 aliphatic rings. The van der Waals surface area contributed by atoms with Crippen LogP contribution >= 0.6 is 0 Å². The highest BCUT2D eigenvalue weighted by Gasteiger charge is 2.38. The first kappa shape index (κ1) is 22.7. The third-order valence-electron chi connectivity index (χ3n) is 5.15. The molecule has 0 fully saturated rings. The number of carbonyl (C=O) groups excluding carboxylic acids is 1. The maximum Gasteiger partial charge on any atom is 0.453 e. The zero-order chi connectivity index (χ0) is 24.0. The first-order valence-electron chi connectivity index (χ1n) is 9.84.